The van der Waals surface area contributed by atoms with Crippen LogP contribution in [0.3, 0.4) is 0 Å². The molecule has 0 bridgehead atoms. The molecule has 0 atom stereocenters. The summed E-state index contributed by atoms with van der Waals surface area (Å²) in [6.45, 7) is 1.67. The van der Waals surface area contributed by atoms with E-state index in [1.54, 1.807) is 12.1 Å². The van der Waals surface area contributed by atoms with Crippen LogP contribution in [0.5, 0.6) is 0 Å². The molecule has 0 aliphatic carbocycles. The summed E-state index contributed by atoms with van der Waals surface area (Å²) < 4.78 is 5.20. The second-order valence-electron chi connectivity index (χ2n) is 4.93. The maximum absolute atomic E-state index is 11.0. The van der Waals surface area contributed by atoms with Crippen LogP contribution in [-0.4, -0.2) is 35.4 Å². The molecule has 1 heterocycles. The second-order valence-corrected chi connectivity index (χ2v) is 5.34. The Hall–Kier alpha value is -1.21. The molecular formula is C13H17ClN2O4. The Morgan fingerprint density at radius 2 is 2.15 bits per heavy atom. The van der Waals surface area contributed by atoms with Crippen molar-refractivity contribution >= 4 is 17.3 Å². The average molecular weight is 301 g/mol. The minimum Gasteiger partial charge on any atom is -0.388 e. The van der Waals surface area contributed by atoms with Crippen molar-refractivity contribution in [2.24, 2.45) is 0 Å². The molecular weight excluding hydrogens is 284 g/mol. The molecule has 20 heavy (non-hydrogen) atoms. The molecule has 0 amide bonds. The zero-order valence-electron chi connectivity index (χ0n) is 11.0. The lowest BCUT2D eigenvalue weighted by Crippen LogP contribution is -2.44. The van der Waals surface area contributed by atoms with Gasteiger partial charge in [0.15, 0.2) is 0 Å². The Morgan fingerprint density at radius 1 is 1.45 bits per heavy atom. The summed E-state index contributed by atoms with van der Waals surface area (Å²) in [5, 5.41) is 24.6. The molecule has 0 unspecified atom stereocenters. The van der Waals surface area contributed by atoms with E-state index in [1.807, 2.05) is 0 Å². The highest BCUT2D eigenvalue weighted by molar-refractivity contribution is 6.31. The SMILES string of the molecule is O=[N+]([O-])c1cccc(Cl)c1CNCC1(O)CCOCC1. The monoisotopic (exact) mass is 300 g/mol. The van der Waals surface area contributed by atoms with E-state index in [2.05, 4.69) is 5.32 Å². The van der Waals surface area contributed by atoms with Crippen LogP contribution in [0, 0.1) is 10.1 Å². The summed E-state index contributed by atoms with van der Waals surface area (Å²) in [5.41, 5.74) is -0.382. The first-order chi connectivity index (χ1) is 9.52. The molecule has 0 radical (unpaired) electrons. The van der Waals surface area contributed by atoms with Crippen LogP contribution in [0.1, 0.15) is 18.4 Å². The van der Waals surface area contributed by atoms with E-state index in [1.165, 1.54) is 6.07 Å². The number of rotatable bonds is 5. The van der Waals surface area contributed by atoms with Crippen LogP contribution in [0.4, 0.5) is 5.69 Å². The molecule has 1 aromatic carbocycles. The van der Waals surface area contributed by atoms with Gasteiger partial charge < -0.3 is 15.2 Å². The Labute approximate surface area is 121 Å². The van der Waals surface area contributed by atoms with Crippen LogP contribution in [0.25, 0.3) is 0 Å². The van der Waals surface area contributed by atoms with E-state index in [9.17, 15) is 15.2 Å². The minimum atomic E-state index is -0.811. The quantitative estimate of drug-likeness (QED) is 0.640. The number of nitrogens with zero attached hydrogens (tertiary/aromatic N) is 1. The van der Waals surface area contributed by atoms with E-state index in [0.717, 1.165) is 0 Å². The minimum absolute atomic E-state index is 0.0102. The normalized spacial score (nSPS) is 17.9. The number of benzene rings is 1. The number of nitrogens with one attached hydrogen (secondary N) is 1. The highest BCUT2D eigenvalue weighted by Gasteiger charge is 2.29. The maximum Gasteiger partial charge on any atom is 0.275 e. The molecule has 0 saturated carbocycles. The topological polar surface area (TPSA) is 84.6 Å². The van der Waals surface area contributed by atoms with Crippen molar-refractivity contribution in [2.45, 2.75) is 25.0 Å². The predicted molar refractivity (Wildman–Crippen MR) is 74.8 cm³/mol. The van der Waals surface area contributed by atoms with Crippen molar-refractivity contribution in [3.8, 4) is 0 Å². The summed E-state index contributed by atoms with van der Waals surface area (Å²) in [4.78, 5) is 10.5. The molecule has 6 nitrogen and oxygen atoms in total. The Morgan fingerprint density at radius 3 is 2.80 bits per heavy atom. The van der Waals surface area contributed by atoms with Crippen molar-refractivity contribution in [1.82, 2.24) is 5.32 Å². The number of aliphatic hydroxyl groups is 1. The predicted octanol–water partition coefficient (Wildman–Crippen LogP) is 1.88. The van der Waals surface area contributed by atoms with Crippen molar-refractivity contribution in [2.75, 3.05) is 19.8 Å². The number of nitro benzene ring substituents is 1. The first-order valence-corrected chi connectivity index (χ1v) is 6.82. The van der Waals surface area contributed by atoms with Crippen molar-refractivity contribution in [3.05, 3.63) is 38.9 Å². The van der Waals surface area contributed by atoms with E-state index in [4.69, 9.17) is 16.3 Å². The van der Waals surface area contributed by atoms with Gasteiger partial charge >= 0.3 is 0 Å². The number of hydrogen-bond donors (Lipinski definition) is 2. The molecule has 1 fully saturated rings. The molecule has 110 valence electrons. The third kappa shape index (κ3) is 3.67. The maximum atomic E-state index is 11.0. The van der Waals surface area contributed by atoms with Crippen LogP contribution >= 0.6 is 11.6 Å². The van der Waals surface area contributed by atoms with Crippen molar-refractivity contribution < 1.29 is 14.8 Å². The summed E-state index contributed by atoms with van der Waals surface area (Å²) >= 11 is 6.00. The van der Waals surface area contributed by atoms with Gasteiger partial charge in [0, 0.05) is 45.2 Å². The molecule has 2 rings (SSSR count). The lowest BCUT2D eigenvalue weighted by Gasteiger charge is -2.32. The molecule has 7 heteroatoms. The zero-order valence-corrected chi connectivity index (χ0v) is 11.7. The molecule has 1 aromatic rings. The summed E-state index contributed by atoms with van der Waals surface area (Å²) in [6.07, 6.45) is 1.12. The number of ether oxygens (including phenoxy) is 1. The molecule has 1 aliphatic rings. The zero-order chi connectivity index (χ0) is 14.6. The first-order valence-electron chi connectivity index (χ1n) is 6.44. The van der Waals surface area contributed by atoms with Gasteiger partial charge in [-0.25, -0.2) is 0 Å². The van der Waals surface area contributed by atoms with E-state index >= 15 is 0 Å². The molecule has 2 N–H and O–H groups in total. The molecule has 0 aromatic heterocycles. The van der Waals surface area contributed by atoms with Crippen molar-refractivity contribution in [3.63, 3.8) is 0 Å². The van der Waals surface area contributed by atoms with Crippen LogP contribution in [0.15, 0.2) is 18.2 Å². The lowest BCUT2D eigenvalue weighted by atomic mass is 9.94. The van der Waals surface area contributed by atoms with Gasteiger partial charge in [0.25, 0.3) is 5.69 Å². The highest BCUT2D eigenvalue weighted by atomic mass is 35.5. The van der Waals surface area contributed by atoms with Gasteiger partial charge in [-0.15, -0.1) is 0 Å². The third-order valence-electron chi connectivity index (χ3n) is 3.47. The van der Waals surface area contributed by atoms with Crippen LogP contribution in [0.2, 0.25) is 5.02 Å². The fourth-order valence-electron chi connectivity index (χ4n) is 2.24. The summed E-state index contributed by atoms with van der Waals surface area (Å²) in [6, 6.07) is 4.59. The van der Waals surface area contributed by atoms with Gasteiger partial charge in [-0.05, 0) is 6.07 Å². The molecule has 0 spiro atoms. The average Bonchev–Trinajstić information content (AvgIpc) is 2.41. The fraction of sp³-hybridized carbons (Fsp3) is 0.538. The van der Waals surface area contributed by atoms with Gasteiger partial charge in [0.05, 0.1) is 21.1 Å². The standard InChI is InChI=1S/C13H17ClN2O4/c14-11-2-1-3-12(16(18)19)10(11)8-15-9-13(17)4-6-20-7-5-13/h1-3,15,17H,4-9H2. The Balaban J connectivity index is 1.99. The smallest absolute Gasteiger partial charge is 0.275 e. The second kappa shape index (κ2) is 6.49. The van der Waals surface area contributed by atoms with Gasteiger partial charge in [0.2, 0.25) is 0 Å². The lowest BCUT2D eigenvalue weighted by molar-refractivity contribution is -0.385. The summed E-state index contributed by atoms with van der Waals surface area (Å²) in [5.74, 6) is 0. The molecule has 1 saturated heterocycles. The first kappa shape index (κ1) is 15.2. The van der Waals surface area contributed by atoms with Gasteiger partial charge in [-0.3, -0.25) is 10.1 Å². The van der Waals surface area contributed by atoms with Gasteiger partial charge in [-0.2, -0.15) is 0 Å². The highest BCUT2D eigenvalue weighted by Crippen LogP contribution is 2.26. The van der Waals surface area contributed by atoms with Crippen molar-refractivity contribution in [1.29, 1.82) is 0 Å². The largest absolute Gasteiger partial charge is 0.388 e. The summed E-state index contributed by atoms with van der Waals surface area (Å²) in [7, 11) is 0. The number of hydrogen-bond acceptors (Lipinski definition) is 5. The van der Waals surface area contributed by atoms with E-state index in [-0.39, 0.29) is 12.2 Å². The number of halogens is 1. The Kier molecular flexibility index (Phi) is 4.93. The van der Waals surface area contributed by atoms with Gasteiger partial charge in [0.1, 0.15) is 0 Å². The number of nitro groups is 1. The third-order valence-corrected chi connectivity index (χ3v) is 3.82. The van der Waals surface area contributed by atoms with E-state index < -0.39 is 10.5 Å². The van der Waals surface area contributed by atoms with Crippen LogP contribution in [-0.2, 0) is 11.3 Å². The Bertz CT molecular complexity index is 489. The fourth-order valence-corrected chi connectivity index (χ4v) is 2.48. The van der Waals surface area contributed by atoms with E-state index in [0.29, 0.717) is 43.2 Å². The van der Waals surface area contributed by atoms with Gasteiger partial charge in [-0.1, -0.05) is 17.7 Å². The van der Waals surface area contributed by atoms with Crippen LogP contribution < -0.4 is 5.32 Å². The molecule has 1 aliphatic heterocycles.